The molecule has 0 saturated heterocycles. The highest BCUT2D eigenvalue weighted by molar-refractivity contribution is 5.89. The number of aromatic nitrogens is 1. The van der Waals surface area contributed by atoms with Gasteiger partial charge in [-0.1, -0.05) is 43.3 Å². The maximum Gasteiger partial charge on any atom is 0.407 e. The molecule has 0 spiro atoms. The molecular weight excluding hydrogens is 602 g/mol. The predicted octanol–water partition coefficient (Wildman–Crippen LogP) is 5.55. The highest BCUT2D eigenvalue weighted by atomic mass is 16.6. The molecular formula is C35H41N5O7. The standard InChI is InChI=1S/C35H41N5O7/c1-22-17-26(10-12-29(22)23(2)21-41)31(38-27-11-9-25-13-14-36-32(42)30(25)19-27)33(43)39(16-15-37-34(44)47-35(3,4)5)20-24-7-6-8-28(18-24)40(45)46/h6-14,17-19,23,31,38,41H,15-16,20-21H2,1-5H3,(H,36,42)(H,37,44). The van der Waals surface area contributed by atoms with Gasteiger partial charge in [0.05, 0.1) is 4.92 Å². The van der Waals surface area contributed by atoms with E-state index in [0.29, 0.717) is 22.2 Å². The van der Waals surface area contributed by atoms with Crippen molar-refractivity contribution in [2.75, 3.05) is 25.0 Å². The van der Waals surface area contributed by atoms with Gasteiger partial charge in [0.2, 0.25) is 5.91 Å². The van der Waals surface area contributed by atoms with Crippen LogP contribution < -0.4 is 16.2 Å². The van der Waals surface area contributed by atoms with Gasteiger partial charge in [0.25, 0.3) is 11.2 Å². The van der Waals surface area contributed by atoms with Gasteiger partial charge in [-0.15, -0.1) is 0 Å². The Morgan fingerprint density at radius 2 is 1.85 bits per heavy atom. The number of nitrogens with one attached hydrogen (secondary N) is 3. The van der Waals surface area contributed by atoms with Crippen molar-refractivity contribution in [3.63, 3.8) is 0 Å². The van der Waals surface area contributed by atoms with E-state index in [0.717, 1.165) is 16.5 Å². The summed E-state index contributed by atoms with van der Waals surface area (Å²) in [6, 6.07) is 17.7. The second kappa shape index (κ2) is 14.9. The van der Waals surface area contributed by atoms with Crippen molar-refractivity contribution in [1.82, 2.24) is 15.2 Å². The van der Waals surface area contributed by atoms with E-state index in [1.165, 1.54) is 17.0 Å². The zero-order valence-electron chi connectivity index (χ0n) is 27.2. The summed E-state index contributed by atoms with van der Waals surface area (Å²) in [5.41, 5.74) is 2.42. The lowest BCUT2D eigenvalue weighted by Crippen LogP contribution is -2.43. The minimum Gasteiger partial charge on any atom is -0.444 e. The van der Waals surface area contributed by atoms with E-state index in [9.17, 15) is 29.6 Å². The average molecular weight is 644 g/mol. The lowest BCUT2D eigenvalue weighted by molar-refractivity contribution is -0.384. The molecule has 4 N–H and O–H groups in total. The zero-order valence-corrected chi connectivity index (χ0v) is 27.2. The number of anilines is 1. The van der Waals surface area contributed by atoms with Crippen LogP contribution in [0.3, 0.4) is 0 Å². The first kappa shape index (κ1) is 34.6. The van der Waals surface area contributed by atoms with Gasteiger partial charge in [0.1, 0.15) is 11.6 Å². The minimum atomic E-state index is -0.951. The van der Waals surface area contributed by atoms with E-state index < -0.39 is 22.7 Å². The Labute approximate surface area is 272 Å². The number of rotatable bonds is 12. The van der Waals surface area contributed by atoms with Gasteiger partial charge in [-0.05, 0) is 73.5 Å². The van der Waals surface area contributed by atoms with Crippen molar-refractivity contribution >= 4 is 34.1 Å². The molecule has 3 aromatic carbocycles. The molecule has 0 bridgehead atoms. The third kappa shape index (κ3) is 9.17. The maximum atomic E-state index is 14.6. The summed E-state index contributed by atoms with van der Waals surface area (Å²) < 4.78 is 5.35. The number of non-ortho nitro benzene ring substituents is 1. The Balaban J connectivity index is 1.73. The number of amides is 2. The average Bonchev–Trinajstić information content (AvgIpc) is 3.02. The molecule has 0 radical (unpaired) electrons. The molecule has 47 heavy (non-hydrogen) atoms. The molecule has 0 aliphatic rings. The SMILES string of the molecule is Cc1cc(C(Nc2ccc3cc[nH]c(=O)c3c2)C(=O)N(CCNC(=O)OC(C)(C)C)Cc2cccc([N+](=O)[O-])c2)ccc1C(C)CO. The predicted molar refractivity (Wildman–Crippen MR) is 180 cm³/mol. The van der Waals surface area contributed by atoms with Crippen molar-refractivity contribution in [3.05, 3.63) is 116 Å². The molecule has 248 valence electrons. The number of nitro benzene ring substituents is 1. The van der Waals surface area contributed by atoms with Crippen LogP contribution in [0.15, 0.2) is 77.7 Å². The monoisotopic (exact) mass is 643 g/mol. The Morgan fingerprint density at radius 1 is 1.09 bits per heavy atom. The van der Waals surface area contributed by atoms with Crippen LogP contribution >= 0.6 is 0 Å². The number of aliphatic hydroxyl groups excluding tert-OH is 1. The van der Waals surface area contributed by atoms with Gasteiger partial charge in [0, 0.05) is 61.6 Å². The number of aryl methyl sites for hydroxylation is 1. The molecule has 1 aromatic heterocycles. The molecule has 0 aliphatic heterocycles. The third-order valence-electron chi connectivity index (χ3n) is 7.62. The van der Waals surface area contributed by atoms with Gasteiger partial charge in [-0.3, -0.25) is 19.7 Å². The number of nitro groups is 1. The number of alkyl carbamates (subject to hydrolysis) is 1. The molecule has 0 fully saturated rings. The summed E-state index contributed by atoms with van der Waals surface area (Å²) in [6.07, 6.45) is 0.930. The number of aromatic amines is 1. The zero-order chi connectivity index (χ0) is 34.3. The van der Waals surface area contributed by atoms with Crippen molar-refractivity contribution in [1.29, 1.82) is 0 Å². The minimum absolute atomic E-state index is 0.0185. The molecule has 4 rings (SSSR count). The summed E-state index contributed by atoms with van der Waals surface area (Å²) in [4.78, 5) is 54.7. The van der Waals surface area contributed by atoms with Gasteiger partial charge in [-0.2, -0.15) is 0 Å². The molecule has 0 saturated carbocycles. The van der Waals surface area contributed by atoms with Crippen LogP contribution in [0, 0.1) is 17.0 Å². The number of ether oxygens (including phenoxy) is 1. The fourth-order valence-electron chi connectivity index (χ4n) is 5.30. The number of carbonyl (C=O) groups excluding carboxylic acids is 2. The second-order valence-corrected chi connectivity index (χ2v) is 12.5. The third-order valence-corrected chi connectivity index (χ3v) is 7.62. The van der Waals surface area contributed by atoms with Crippen molar-refractivity contribution in [3.8, 4) is 0 Å². The highest BCUT2D eigenvalue weighted by Gasteiger charge is 2.28. The lowest BCUT2D eigenvalue weighted by Gasteiger charge is -2.30. The van der Waals surface area contributed by atoms with Crippen LogP contribution in [0.1, 0.15) is 61.9 Å². The summed E-state index contributed by atoms with van der Waals surface area (Å²) in [6.45, 7) is 9.16. The lowest BCUT2D eigenvalue weighted by atomic mass is 9.93. The quantitative estimate of drug-likeness (QED) is 0.115. The van der Waals surface area contributed by atoms with Crippen LogP contribution in [0.4, 0.5) is 16.2 Å². The first-order valence-electron chi connectivity index (χ1n) is 15.3. The number of pyridine rings is 1. The Bertz CT molecular complexity index is 1810. The largest absolute Gasteiger partial charge is 0.444 e. The maximum absolute atomic E-state index is 14.6. The Hall–Kier alpha value is -5.23. The van der Waals surface area contributed by atoms with E-state index in [-0.39, 0.29) is 49.3 Å². The summed E-state index contributed by atoms with van der Waals surface area (Å²) >= 11 is 0. The van der Waals surface area contributed by atoms with Crippen LogP contribution in [0.5, 0.6) is 0 Å². The van der Waals surface area contributed by atoms with E-state index in [2.05, 4.69) is 15.6 Å². The number of benzene rings is 3. The number of hydrogen-bond acceptors (Lipinski definition) is 8. The fraction of sp³-hybridized carbons (Fsp3) is 0.343. The molecule has 1 heterocycles. The number of fused-ring (bicyclic) bond motifs is 1. The second-order valence-electron chi connectivity index (χ2n) is 12.5. The van der Waals surface area contributed by atoms with E-state index in [1.54, 1.807) is 63.4 Å². The van der Waals surface area contributed by atoms with Crippen LogP contribution in [0.2, 0.25) is 0 Å². The number of carbonyl (C=O) groups is 2. The summed E-state index contributed by atoms with van der Waals surface area (Å²) in [5, 5.41) is 28.4. The Morgan fingerprint density at radius 3 is 2.53 bits per heavy atom. The highest BCUT2D eigenvalue weighted by Crippen LogP contribution is 2.29. The van der Waals surface area contributed by atoms with Gasteiger partial charge < -0.3 is 30.4 Å². The fourth-order valence-corrected chi connectivity index (χ4v) is 5.30. The summed E-state index contributed by atoms with van der Waals surface area (Å²) in [5.74, 6) is -0.477. The van der Waals surface area contributed by atoms with Crippen LogP contribution in [0.25, 0.3) is 10.8 Å². The van der Waals surface area contributed by atoms with Gasteiger partial charge in [0.15, 0.2) is 0 Å². The molecule has 4 aromatic rings. The van der Waals surface area contributed by atoms with Crippen molar-refractivity contribution < 1.29 is 24.4 Å². The van der Waals surface area contributed by atoms with E-state index in [4.69, 9.17) is 4.74 Å². The number of aliphatic hydroxyl groups is 1. The topological polar surface area (TPSA) is 167 Å². The van der Waals surface area contributed by atoms with E-state index in [1.807, 2.05) is 32.0 Å². The number of hydrogen-bond donors (Lipinski definition) is 4. The molecule has 2 atom stereocenters. The molecule has 0 aliphatic carbocycles. The molecule has 2 unspecified atom stereocenters. The summed E-state index contributed by atoms with van der Waals surface area (Å²) in [7, 11) is 0. The van der Waals surface area contributed by atoms with Crippen LogP contribution in [-0.4, -0.2) is 57.2 Å². The molecule has 2 amide bonds. The van der Waals surface area contributed by atoms with E-state index >= 15 is 0 Å². The van der Waals surface area contributed by atoms with Crippen molar-refractivity contribution in [2.45, 2.75) is 58.7 Å². The van der Waals surface area contributed by atoms with Crippen LogP contribution in [-0.2, 0) is 16.1 Å². The smallest absolute Gasteiger partial charge is 0.407 e. The number of nitrogens with zero attached hydrogens (tertiary/aromatic N) is 2. The molecule has 12 heteroatoms. The van der Waals surface area contributed by atoms with Gasteiger partial charge in [-0.25, -0.2) is 4.79 Å². The normalized spacial score (nSPS) is 12.6. The van der Waals surface area contributed by atoms with Crippen molar-refractivity contribution in [2.24, 2.45) is 0 Å². The van der Waals surface area contributed by atoms with Gasteiger partial charge >= 0.3 is 6.09 Å². The Kier molecular flexibility index (Phi) is 11.0. The molecule has 12 nitrogen and oxygen atoms in total. The first-order valence-corrected chi connectivity index (χ1v) is 15.3. The number of H-pyrrole nitrogens is 1. The first-order chi connectivity index (χ1) is 22.3.